The molecule has 0 aliphatic rings. The summed E-state index contributed by atoms with van der Waals surface area (Å²) in [5.74, 6) is -0.0863. The van der Waals surface area contributed by atoms with Gasteiger partial charge in [-0.05, 0) is 25.7 Å². The Kier molecular flexibility index (Phi) is 10.7. The molecule has 5 aromatic heterocycles. The van der Waals surface area contributed by atoms with E-state index >= 15 is 0 Å². The number of rotatable bonds is 14. The highest BCUT2D eigenvalue weighted by Crippen LogP contribution is 2.34. The highest BCUT2D eigenvalue weighted by molar-refractivity contribution is 5.94. The number of carbonyl (C=O) groups excluding carboxylic acids is 2. The van der Waals surface area contributed by atoms with E-state index in [-0.39, 0.29) is 40.3 Å². The number of nitrogens with zero attached hydrogens (tertiary/aromatic N) is 14. The van der Waals surface area contributed by atoms with Crippen molar-refractivity contribution in [3.63, 3.8) is 0 Å². The van der Waals surface area contributed by atoms with Gasteiger partial charge in [0, 0.05) is 26.4 Å². The number of aromatic nitrogens is 10. The van der Waals surface area contributed by atoms with Crippen molar-refractivity contribution in [2.24, 2.45) is 34.6 Å². The van der Waals surface area contributed by atoms with Gasteiger partial charge in [0.15, 0.2) is 40.5 Å². The maximum absolute atomic E-state index is 12.2. The normalized spacial score (nSPS) is 11.6. The Balaban J connectivity index is 1.55. The maximum atomic E-state index is 12.2. The van der Waals surface area contributed by atoms with Crippen LogP contribution in [-0.4, -0.2) is 75.2 Å². The molecule has 0 aliphatic carbocycles. The molecule has 5 rings (SSSR count). The molecule has 5 aromatic rings. The molecule has 0 atom stereocenters. The molecular formula is C30H38N16O4. The van der Waals surface area contributed by atoms with Crippen LogP contribution < -0.4 is 11.5 Å². The van der Waals surface area contributed by atoms with E-state index in [1.165, 1.54) is 51.5 Å². The lowest BCUT2D eigenvalue weighted by molar-refractivity contribution is 0.0592. The summed E-state index contributed by atoms with van der Waals surface area (Å²) in [5, 5.41) is 35.0. The molecule has 0 unspecified atom stereocenters. The number of aryl methyl sites for hydroxylation is 4. The quantitative estimate of drug-likeness (QED) is 0.120. The number of anilines is 2. The van der Waals surface area contributed by atoms with Gasteiger partial charge in [-0.2, -0.15) is 34.7 Å². The molecule has 0 saturated heterocycles. The van der Waals surface area contributed by atoms with Crippen molar-refractivity contribution in [3.8, 4) is 11.8 Å². The highest BCUT2D eigenvalue weighted by Gasteiger charge is 2.23. The topological polar surface area (TPSA) is 251 Å². The molecule has 0 radical (unpaired) electrons. The summed E-state index contributed by atoms with van der Waals surface area (Å²) in [6, 6.07) is 1.63. The SMILES string of the molecule is CCCCc1nn(-c2ccnc(-n3nc(CCCC)c(N=Nc4c(C(=O)OC)cnn4C)c3N)n2)c(N)c1N=Nc1c(C(=O)OC)cnn1C. The lowest BCUT2D eigenvalue weighted by atomic mass is 10.2. The van der Waals surface area contributed by atoms with Crippen molar-refractivity contribution < 1.29 is 19.1 Å². The Hall–Kier alpha value is -6.34. The van der Waals surface area contributed by atoms with Crippen LogP contribution in [-0.2, 0) is 36.4 Å². The fourth-order valence-electron chi connectivity index (χ4n) is 4.87. The predicted molar refractivity (Wildman–Crippen MR) is 180 cm³/mol. The Morgan fingerprint density at radius 2 is 1.24 bits per heavy atom. The monoisotopic (exact) mass is 686 g/mol. The molecule has 20 heteroatoms. The van der Waals surface area contributed by atoms with Crippen LogP contribution in [0.15, 0.2) is 45.1 Å². The molecule has 0 aromatic carbocycles. The Bertz CT molecular complexity index is 1930. The average Bonchev–Trinajstić information content (AvgIpc) is 3.86. The van der Waals surface area contributed by atoms with Gasteiger partial charge in [-0.1, -0.05) is 26.7 Å². The number of carbonyl (C=O) groups is 2. The van der Waals surface area contributed by atoms with Crippen molar-refractivity contribution in [1.29, 1.82) is 0 Å². The molecule has 20 nitrogen and oxygen atoms in total. The smallest absolute Gasteiger partial charge is 0.343 e. The Morgan fingerprint density at radius 1 is 0.760 bits per heavy atom. The molecule has 262 valence electrons. The van der Waals surface area contributed by atoms with Gasteiger partial charge in [0.05, 0.1) is 38.0 Å². The van der Waals surface area contributed by atoms with E-state index in [0.29, 0.717) is 41.4 Å². The summed E-state index contributed by atoms with van der Waals surface area (Å²) < 4.78 is 15.3. The van der Waals surface area contributed by atoms with Crippen LogP contribution in [0.3, 0.4) is 0 Å². The largest absolute Gasteiger partial charge is 0.465 e. The number of nitrogen functional groups attached to an aromatic ring is 2. The van der Waals surface area contributed by atoms with Gasteiger partial charge in [-0.15, -0.1) is 20.5 Å². The molecule has 0 amide bonds. The summed E-state index contributed by atoms with van der Waals surface area (Å²) >= 11 is 0. The average molecular weight is 687 g/mol. The van der Waals surface area contributed by atoms with Crippen molar-refractivity contribution in [1.82, 2.24) is 49.1 Å². The highest BCUT2D eigenvalue weighted by atomic mass is 16.5. The second kappa shape index (κ2) is 15.3. The van der Waals surface area contributed by atoms with E-state index in [1.807, 2.05) is 0 Å². The first kappa shape index (κ1) is 35.0. The number of unbranched alkanes of at least 4 members (excludes halogenated alkanes) is 2. The van der Waals surface area contributed by atoms with Crippen molar-refractivity contribution in [3.05, 3.63) is 47.2 Å². The summed E-state index contributed by atoms with van der Waals surface area (Å²) in [6.07, 6.45) is 8.76. The standard InChI is InChI=1S/C30H38N16O4/c1-7-9-11-19-22(37-39-26-17(28(47)49-5)15-34-43(26)3)24(31)45(41-19)21-13-14-33-30(36-21)46-25(32)23(20(42-46)12-10-8-2)38-40-27-18(29(48)50-6)16-35-44(27)4/h13-16H,7-12,31-32H2,1-6H3. The number of hydrogen-bond donors (Lipinski definition) is 2. The number of hydrogen-bond acceptors (Lipinski definition) is 16. The molecule has 4 N–H and O–H groups in total. The first-order valence-electron chi connectivity index (χ1n) is 15.8. The zero-order valence-electron chi connectivity index (χ0n) is 28.6. The fraction of sp³-hybridized carbons (Fsp3) is 0.400. The van der Waals surface area contributed by atoms with Crippen LogP contribution in [0, 0.1) is 0 Å². The zero-order valence-corrected chi connectivity index (χ0v) is 28.6. The molecule has 0 spiro atoms. The molecule has 0 saturated carbocycles. The van der Waals surface area contributed by atoms with E-state index < -0.39 is 11.9 Å². The van der Waals surface area contributed by atoms with Crippen molar-refractivity contribution >= 4 is 46.6 Å². The fourth-order valence-corrected chi connectivity index (χ4v) is 4.87. The summed E-state index contributed by atoms with van der Waals surface area (Å²) in [4.78, 5) is 33.6. The molecule has 50 heavy (non-hydrogen) atoms. The van der Waals surface area contributed by atoms with Crippen molar-refractivity contribution in [2.75, 3.05) is 25.7 Å². The zero-order chi connectivity index (χ0) is 35.9. The third-order valence-electron chi connectivity index (χ3n) is 7.61. The third kappa shape index (κ3) is 6.93. The number of azo groups is 2. The van der Waals surface area contributed by atoms with E-state index in [0.717, 1.165) is 25.7 Å². The molecule has 0 bridgehead atoms. The Morgan fingerprint density at radius 3 is 1.72 bits per heavy atom. The minimum Gasteiger partial charge on any atom is -0.465 e. The predicted octanol–water partition coefficient (Wildman–Crippen LogP) is 4.57. The van der Waals surface area contributed by atoms with Crippen LogP contribution in [0.1, 0.15) is 71.6 Å². The lowest BCUT2D eigenvalue weighted by Crippen LogP contribution is -2.11. The van der Waals surface area contributed by atoms with E-state index in [9.17, 15) is 9.59 Å². The first-order chi connectivity index (χ1) is 24.1. The molecule has 5 heterocycles. The number of esters is 2. The third-order valence-corrected chi connectivity index (χ3v) is 7.61. The van der Waals surface area contributed by atoms with Gasteiger partial charge in [-0.3, -0.25) is 0 Å². The van der Waals surface area contributed by atoms with Crippen LogP contribution in [0.25, 0.3) is 11.8 Å². The van der Waals surface area contributed by atoms with Crippen molar-refractivity contribution in [2.45, 2.75) is 52.4 Å². The van der Waals surface area contributed by atoms with Gasteiger partial charge in [0.2, 0.25) is 0 Å². The van der Waals surface area contributed by atoms with Crippen LogP contribution >= 0.6 is 0 Å². The maximum Gasteiger partial charge on any atom is 0.343 e. The number of nitrogens with two attached hydrogens (primary N) is 2. The van der Waals surface area contributed by atoms with E-state index in [1.54, 1.807) is 20.2 Å². The summed E-state index contributed by atoms with van der Waals surface area (Å²) in [5.41, 5.74) is 15.3. The minimum atomic E-state index is -0.601. The van der Waals surface area contributed by atoms with Crippen LogP contribution in [0.5, 0.6) is 0 Å². The van der Waals surface area contributed by atoms with Crippen LogP contribution in [0.4, 0.5) is 34.6 Å². The van der Waals surface area contributed by atoms with Gasteiger partial charge >= 0.3 is 11.9 Å². The first-order valence-corrected chi connectivity index (χ1v) is 15.8. The second-order valence-corrected chi connectivity index (χ2v) is 11.0. The number of ether oxygens (including phenoxy) is 2. The van der Waals surface area contributed by atoms with Crippen LogP contribution in [0.2, 0.25) is 0 Å². The van der Waals surface area contributed by atoms with E-state index in [4.69, 9.17) is 26.0 Å². The second-order valence-electron chi connectivity index (χ2n) is 11.0. The van der Waals surface area contributed by atoms with Gasteiger partial charge in [-0.25, -0.2) is 23.9 Å². The lowest BCUT2D eigenvalue weighted by Gasteiger charge is -2.06. The molecular weight excluding hydrogens is 648 g/mol. The minimum absolute atomic E-state index is 0.126. The number of methoxy groups -OCH3 is 2. The van der Waals surface area contributed by atoms with Gasteiger partial charge < -0.3 is 20.9 Å². The molecule has 0 fully saturated rings. The van der Waals surface area contributed by atoms with E-state index in [2.05, 4.69) is 59.6 Å². The van der Waals surface area contributed by atoms with Gasteiger partial charge in [0.25, 0.3) is 5.95 Å². The van der Waals surface area contributed by atoms with Gasteiger partial charge in [0.1, 0.15) is 11.1 Å². The summed E-state index contributed by atoms with van der Waals surface area (Å²) in [6.45, 7) is 4.11. The summed E-state index contributed by atoms with van der Waals surface area (Å²) in [7, 11) is 5.81. The Labute approximate surface area is 286 Å². The molecule has 0 aliphatic heterocycles.